The summed E-state index contributed by atoms with van der Waals surface area (Å²) in [6, 6.07) is 72.6. The van der Waals surface area contributed by atoms with E-state index in [1.165, 1.54) is 110 Å². The highest BCUT2D eigenvalue weighted by molar-refractivity contribution is 6.28. The Kier molecular flexibility index (Phi) is 10.6. The van der Waals surface area contributed by atoms with Crippen LogP contribution < -0.4 is 5.32 Å². The molecule has 0 amide bonds. The average molecular weight is 901 g/mol. The highest BCUT2D eigenvalue weighted by atomic mass is 15.0. The first-order valence-corrected chi connectivity index (χ1v) is 25.4. The highest BCUT2D eigenvalue weighted by Crippen LogP contribution is 2.47. The molecule has 0 fully saturated rings. The number of aromatic nitrogens is 1. The molecule has 0 saturated carbocycles. The molecule has 338 valence electrons. The van der Waals surface area contributed by atoms with Crippen molar-refractivity contribution in [3.05, 3.63) is 258 Å². The Morgan fingerprint density at radius 2 is 1.14 bits per heavy atom. The lowest BCUT2D eigenvalue weighted by Gasteiger charge is -2.30. The van der Waals surface area contributed by atoms with Crippen LogP contribution in [0.3, 0.4) is 0 Å². The predicted octanol–water partition coefficient (Wildman–Crippen LogP) is 18.0. The number of para-hydroxylation sites is 1. The first-order chi connectivity index (χ1) is 34.6. The zero-order valence-corrected chi connectivity index (χ0v) is 39.9. The molecular weight excluding hydrogens is 845 g/mol. The summed E-state index contributed by atoms with van der Waals surface area (Å²) in [5.41, 5.74) is 17.2. The van der Waals surface area contributed by atoms with Crippen molar-refractivity contribution < 1.29 is 0 Å². The number of benzene rings is 9. The van der Waals surface area contributed by atoms with Gasteiger partial charge in [-0.05, 0) is 151 Å². The molecule has 4 atom stereocenters. The van der Waals surface area contributed by atoms with Gasteiger partial charge in [0.05, 0.1) is 12.1 Å². The molecule has 13 rings (SSSR count). The Balaban J connectivity index is 0.902. The quantitative estimate of drug-likeness (QED) is 0.158. The lowest BCUT2D eigenvalue weighted by Crippen LogP contribution is -2.22. The topological polar surface area (TPSA) is 17.0 Å². The zero-order valence-electron chi connectivity index (χ0n) is 39.9. The largest absolute Gasteiger partial charge is 0.378 e. The summed E-state index contributed by atoms with van der Waals surface area (Å²) in [7, 11) is 0. The monoisotopic (exact) mass is 900 g/mol. The second-order valence-corrected chi connectivity index (χ2v) is 19.9. The standard InChI is InChI=1S/C68H56N2/c1-44-45(2)68(49-22-10-5-11-23-49)69-64(48-20-8-4-9-21-48)43-61(44)53-25-16-24-52(40-53)55-29-17-30-59-56-26-12-13-27-57(56)62-41-50(34-38-60(62)67(55)59)51-35-39-66-63(42-51)58-28-14-15-31-65(58)70(66)54-36-32-47(33-37-54)46-18-6-3-7-19-46/h3-15,17-24,26-36,38-42,44,54,61,64,69H,16,25,37,43H2,1-2H3/t44?,54-,61?,64?/m0/s1. The Hall–Kier alpha value is -7.94. The van der Waals surface area contributed by atoms with Crippen LogP contribution in [0.25, 0.3) is 82.1 Å². The fraction of sp³-hybridized carbons (Fsp3) is 0.147. The molecule has 1 aliphatic heterocycles. The van der Waals surface area contributed by atoms with Crippen LogP contribution in [0.4, 0.5) is 0 Å². The molecule has 0 saturated heterocycles. The molecule has 9 aromatic carbocycles. The molecular formula is C68H56N2. The lowest BCUT2D eigenvalue weighted by molar-refractivity contribution is 0.391. The molecule has 2 aliphatic carbocycles. The SMILES string of the molecule is CC1=C(c2ccccc2)NC(c2ccccc2)CC(C2=CC(c3cccc4c5ccccc5c5cc(-c6ccc7c(c6)c6ccccc6n7[C@H]6C=CC(c7ccccc7)=CC6)ccc5c34)=CCC2)C1C. The van der Waals surface area contributed by atoms with Crippen LogP contribution in [0, 0.1) is 11.8 Å². The van der Waals surface area contributed by atoms with Crippen LogP contribution in [-0.4, -0.2) is 4.57 Å². The molecule has 3 unspecified atom stereocenters. The van der Waals surface area contributed by atoms with Gasteiger partial charge in [-0.1, -0.05) is 213 Å². The Bertz CT molecular complexity index is 3820. The minimum absolute atomic E-state index is 0.207. The molecule has 0 radical (unpaired) electrons. The number of nitrogens with one attached hydrogen (secondary N) is 1. The molecule has 1 aromatic heterocycles. The predicted molar refractivity (Wildman–Crippen MR) is 299 cm³/mol. The van der Waals surface area contributed by atoms with Gasteiger partial charge in [0.1, 0.15) is 0 Å². The maximum absolute atomic E-state index is 4.09. The van der Waals surface area contributed by atoms with Crippen LogP contribution in [0.15, 0.2) is 236 Å². The second kappa shape index (κ2) is 17.5. The van der Waals surface area contributed by atoms with Gasteiger partial charge in [0.2, 0.25) is 0 Å². The molecule has 0 bridgehead atoms. The fourth-order valence-corrected chi connectivity index (χ4v) is 12.4. The number of nitrogens with zero attached hydrogens (tertiary/aromatic N) is 1. The number of fused-ring (bicyclic) bond motifs is 9. The number of hydrogen-bond donors (Lipinski definition) is 1. The first kappa shape index (κ1) is 42.2. The first-order valence-electron chi connectivity index (χ1n) is 25.4. The third kappa shape index (κ3) is 7.24. The summed E-state index contributed by atoms with van der Waals surface area (Å²) < 4.78 is 2.55. The maximum Gasteiger partial charge on any atom is 0.0560 e. The van der Waals surface area contributed by atoms with Gasteiger partial charge in [0.15, 0.2) is 0 Å². The smallest absolute Gasteiger partial charge is 0.0560 e. The van der Waals surface area contributed by atoms with Gasteiger partial charge < -0.3 is 9.88 Å². The van der Waals surface area contributed by atoms with Crippen molar-refractivity contribution in [2.24, 2.45) is 11.8 Å². The minimum Gasteiger partial charge on any atom is -0.378 e. The molecule has 2 heterocycles. The maximum atomic E-state index is 4.09. The van der Waals surface area contributed by atoms with E-state index in [9.17, 15) is 0 Å². The van der Waals surface area contributed by atoms with Crippen molar-refractivity contribution in [3.8, 4) is 11.1 Å². The molecule has 3 aliphatic rings. The van der Waals surface area contributed by atoms with Crippen molar-refractivity contribution >= 4 is 71.0 Å². The van der Waals surface area contributed by atoms with Crippen molar-refractivity contribution in [1.29, 1.82) is 0 Å². The summed E-state index contributed by atoms with van der Waals surface area (Å²) in [6.45, 7) is 4.83. The van der Waals surface area contributed by atoms with E-state index in [0.29, 0.717) is 11.8 Å². The van der Waals surface area contributed by atoms with Crippen molar-refractivity contribution in [2.45, 2.75) is 51.6 Å². The summed E-state index contributed by atoms with van der Waals surface area (Å²) in [4.78, 5) is 0. The highest BCUT2D eigenvalue weighted by Gasteiger charge is 2.33. The molecule has 0 spiro atoms. The zero-order chi connectivity index (χ0) is 46.7. The third-order valence-corrected chi connectivity index (χ3v) is 16.1. The number of allylic oxidation sites excluding steroid dienone is 9. The van der Waals surface area contributed by atoms with Gasteiger partial charge >= 0.3 is 0 Å². The van der Waals surface area contributed by atoms with Crippen molar-refractivity contribution in [2.75, 3.05) is 0 Å². The van der Waals surface area contributed by atoms with E-state index < -0.39 is 0 Å². The van der Waals surface area contributed by atoms with Gasteiger partial charge in [0.25, 0.3) is 0 Å². The molecule has 2 nitrogen and oxygen atoms in total. The van der Waals surface area contributed by atoms with Crippen LogP contribution in [-0.2, 0) is 0 Å². The fourth-order valence-electron chi connectivity index (χ4n) is 12.4. The minimum atomic E-state index is 0.207. The van der Waals surface area contributed by atoms with E-state index in [2.05, 4.69) is 248 Å². The third-order valence-electron chi connectivity index (χ3n) is 16.1. The molecule has 70 heavy (non-hydrogen) atoms. The summed E-state index contributed by atoms with van der Waals surface area (Å²) >= 11 is 0. The summed E-state index contributed by atoms with van der Waals surface area (Å²) in [5.74, 6) is 0.774. The van der Waals surface area contributed by atoms with Crippen LogP contribution in [0.2, 0.25) is 0 Å². The van der Waals surface area contributed by atoms with E-state index in [-0.39, 0.29) is 12.1 Å². The van der Waals surface area contributed by atoms with Gasteiger partial charge in [-0.2, -0.15) is 0 Å². The van der Waals surface area contributed by atoms with E-state index >= 15 is 0 Å². The molecule has 1 N–H and O–H groups in total. The van der Waals surface area contributed by atoms with Gasteiger partial charge in [-0.3, -0.25) is 0 Å². The second-order valence-electron chi connectivity index (χ2n) is 19.9. The number of rotatable bonds is 7. The molecule has 2 heteroatoms. The van der Waals surface area contributed by atoms with Gasteiger partial charge in [0, 0.05) is 27.5 Å². The Morgan fingerprint density at radius 3 is 1.90 bits per heavy atom. The Morgan fingerprint density at radius 1 is 0.514 bits per heavy atom. The van der Waals surface area contributed by atoms with Crippen LogP contribution in [0.1, 0.15) is 73.9 Å². The summed E-state index contributed by atoms with van der Waals surface area (Å²) in [5, 5.41) is 14.5. The lowest BCUT2D eigenvalue weighted by atomic mass is 9.75. The van der Waals surface area contributed by atoms with Crippen molar-refractivity contribution in [3.63, 3.8) is 0 Å². The summed E-state index contributed by atoms with van der Waals surface area (Å²) in [6.07, 6.45) is 16.3. The van der Waals surface area contributed by atoms with E-state index in [0.717, 1.165) is 25.7 Å². The van der Waals surface area contributed by atoms with E-state index in [1.54, 1.807) is 5.57 Å². The van der Waals surface area contributed by atoms with Crippen molar-refractivity contribution in [1.82, 2.24) is 9.88 Å². The normalized spacial score (nSPS) is 19.6. The van der Waals surface area contributed by atoms with E-state index in [1.807, 2.05) is 0 Å². The Labute approximate surface area is 411 Å². The van der Waals surface area contributed by atoms with Crippen LogP contribution in [0.5, 0.6) is 0 Å². The van der Waals surface area contributed by atoms with Crippen LogP contribution >= 0.6 is 0 Å². The molecule has 10 aromatic rings. The van der Waals surface area contributed by atoms with Gasteiger partial charge in [-0.15, -0.1) is 0 Å². The van der Waals surface area contributed by atoms with Gasteiger partial charge in [-0.25, -0.2) is 0 Å². The van der Waals surface area contributed by atoms with E-state index in [4.69, 9.17) is 0 Å². The average Bonchev–Trinajstić information content (AvgIpc) is 3.70. The number of hydrogen-bond acceptors (Lipinski definition) is 1.